The Morgan fingerprint density at radius 2 is 2.22 bits per heavy atom. The molecule has 0 radical (unpaired) electrons. The molecule has 0 fully saturated rings. The lowest BCUT2D eigenvalue weighted by Crippen LogP contribution is -2.20. The zero-order chi connectivity index (χ0) is 13.9. The molecule has 0 aliphatic heterocycles. The minimum atomic E-state index is -1.17. The number of ether oxygens (including phenoxy) is 1. The lowest BCUT2D eigenvalue weighted by Gasteiger charge is -2.08. The summed E-state index contributed by atoms with van der Waals surface area (Å²) < 4.78 is 18.1. The number of nitrogens with zero attached hydrogens (tertiary/aromatic N) is 2. The van der Waals surface area contributed by atoms with Crippen molar-refractivity contribution in [2.24, 2.45) is 13.0 Å². The van der Waals surface area contributed by atoms with Gasteiger partial charge in [-0.05, 0) is 6.92 Å². The average Bonchev–Trinajstić information content (AvgIpc) is 2.54. The minimum absolute atomic E-state index is 0.261. The van der Waals surface area contributed by atoms with Gasteiger partial charge in [0, 0.05) is 29.2 Å². The number of esters is 1. The Balaban J connectivity index is 2.68. The Morgan fingerprint density at radius 1 is 1.61 bits per heavy atom. The van der Waals surface area contributed by atoms with Crippen molar-refractivity contribution < 1.29 is 13.7 Å². The molecule has 2 unspecified atom stereocenters. The third-order valence-electron chi connectivity index (χ3n) is 2.61. The fourth-order valence-corrected chi connectivity index (χ4v) is 3.41. The fraction of sp³-hybridized carbons (Fsp3) is 0.636. The van der Waals surface area contributed by atoms with Crippen LogP contribution in [-0.2, 0) is 33.1 Å². The lowest BCUT2D eigenvalue weighted by molar-refractivity contribution is -0.144. The number of hydrogen-bond acceptors (Lipinski definition) is 4. The molecular formula is C11H17ClN2O3S. The van der Waals surface area contributed by atoms with Gasteiger partial charge in [0.05, 0.1) is 24.5 Å². The molecule has 1 heterocycles. The van der Waals surface area contributed by atoms with Crippen LogP contribution >= 0.6 is 11.6 Å². The van der Waals surface area contributed by atoms with Crippen LogP contribution in [-0.4, -0.2) is 32.8 Å². The summed E-state index contributed by atoms with van der Waals surface area (Å²) >= 11 is 6.06. The Hall–Kier alpha value is -0.880. The van der Waals surface area contributed by atoms with Crippen LogP contribution in [0.3, 0.4) is 0 Å². The first-order valence-electron chi connectivity index (χ1n) is 5.47. The van der Waals surface area contributed by atoms with Gasteiger partial charge in [0.1, 0.15) is 5.15 Å². The maximum atomic E-state index is 12.0. The standard InChI is InChI=1S/C11H17ClN2O3S/c1-7(11(15)17-4)5-18(16)6-9-8(2)13-14(3)10(9)12/h7H,5-6H2,1-4H3. The van der Waals surface area contributed by atoms with Crippen LogP contribution in [0.5, 0.6) is 0 Å². The molecule has 0 aromatic carbocycles. The van der Waals surface area contributed by atoms with Gasteiger partial charge >= 0.3 is 5.97 Å². The largest absolute Gasteiger partial charge is 0.469 e. The topological polar surface area (TPSA) is 61.2 Å². The molecule has 1 aromatic rings. The lowest BCUT2D eigenvalue weighted by atomic mass is 10.2. The van der Waals surface area contributed by atoms with E-state index in [0.29, 0.717) is 10.9 Å². The van der Waals surface area contributed by atoms with Crippen molar-refractivity contribution in [1.29, 1.82) is 0 Å². The molecule has 5 nitrogen and oxygen atoms in total. The second-order valence-electron chi connectivity index (χ2n) is 4.15. The van der Waals surface area contributed by atoms with Gasteiger partial charge in [-0.25, -0.2) is 0 Å². The number of aryl methyl sites for hydroxylation is 2. The molecule has 0 aliphatic rings. The highest BCUT2D eigenvalue weighted by Gasteiger charge is 2.19. The molecule has 0 saturated heterocycles. The van der Waals surface area contributed by atoms with E-state index in [9.17, 15) is 9.00 Å². The summed E-state index contributed by atoms with van der Waals surface area (Å²) in [7, 11) is 1.89. The molecular weight excluding hydrogens is 276 g/mol. The Kier molecular flexibility index (Phi) is 5.34. The van der Waals surface area contributed by atoms with Crippen LogP contribution in [0.2, 0.25) is 5.15 Å². The molecule has 0 aliphatic carbocycles. The zero-order valence-corrected chi connectivity index (χ0v) is 12.5. The number of aromatic nitrogens is 2. The molecule has 7 heteroatoms. The maximum absolute atomic E-state index is 12.0. The number of rotatable bonds is 5. The smallest absolute Gasteiger partial charge is 0.309 e. The molecule has 2 atom stereocenters. The zero-order valence-electron chi connectivity index (χ0n) is 10.9. The number of methoxy groups -OCH3 is 1. The first-order chi connectivity index (χ1) is 8.36. The molecule has 0 amide bonds. The second kappa shape index (κ2) is 6.33. The normalized spacial score (nSPS) is 14.3. The number of halogens is 1. The number of hydrogen-bond donors (Lipinski definition) is 0. The molecule has 102 valence electrons. The number of carbonyl (C=O) groups is 1. The molecule has 1 rings (SSSR count). The molecule has 18 heavy (non-hydrogen) atoms. The summed E-state index contributed by atoms with van der Waals surface area (Å²) in [6, 6.07) is 0. The summed E-state index contributed by atoms with van der Waals surface area (Å²) in [5.74, 6) is -0.166. The van der Waals surface area contributed by atoms with Gasteiger partial charge in [-0.15, -0.1) is 0 Å². The molecule has 0 saturated carbocycles. The molecule has 0 spiro atoms. The maximum Gasteiger partial charge on any atom is 0.309 e. The predicted molar refractivity (Wildman–Crippen MR) is 70.8 cm³/mol. The van der Waals surface area contributed by atoms with Gasteiger partial charge in [0.15, 0.2) is 0 Å². The van der Waals surface area contributed by atoms with E-state index in [2.05, 4.69) is 9.84 Å². The van der Waals surface area contributed by atoms with E-state index in [1.54, 1.807) is 18.7 Å². The monoisotopic (exact) mass is 292 g/mol. The summed E-state index contributed by atoms with van der Waals surface area (Å²) in [4.78, 5) is 11.2. The van der Waals surface area contributed by atoms with Crippen LogP contribution in [0.15, 0.2) is 0 Å². The van der Waals surface area contributed by atoms with Crippen molar-refractivity contribution >= 4 is 28.4 Å². The van der Waals surface area contributed by atoms with Gasteiger partial charge in [-0.3, -0.25) is 13.7 Å². The van der Waals surface area contributed by atoms with Crippen LogP contribution in [0.1, 0.15) is 18.2 Å². The van der Waals surface area contributed by atoms with Crippen molar-refractivity contribution in [3.05, 3.63) is 16.4 Å². The van der Waals surface area contributed by atoms with E-state index < -0.39 is 10.8 Å². The summed E-state index contributed by atoms with van der Waals surface area (Å²) in [6.45, 7) is 3.52. The minimum Gasteiger partial charge on any atom is -0.469 e. The molecule has 0 N–H and O–H groups in total. The van der Waals surface area contributed by atoms with E-state index in [4.69, 9.17) is 11.6 Å². The van der Waals surface area contributed by atoms with Gasteiger partial charge in [-0.2, -0.15) is 5.10 Å². The van der Waals surface area contributed by atoms with Crippen molar-refractivity contribution in [3.8, 4) is 0 Å². The quantitative estimate of drug-likeness (QED) is 0.771. The second-order valence-corrected chi connectivity index (χ2v) is 6.01. The molecule has 0 bridgehead atoms. The van der Waals surface area contributed by atoms with E-state index >= 15 is 0 Å². The van der Waals surface area contributed by atoms with Crippen molar-refractivity contribution in [2.75, 3.05) is 12.9 Å². The summed E-state index contributed by atoms with van der Waals surface area (Å²) in [6.07, 6.45) is 0. The Labute approximate surface area is 114 Å². The van der Waals surface area contributed by atoms with E-state index in [0.717, 1.165) is 11.3 Å². The first kappa shape index (κ1) is 15.2. The van der Waals surface area contributed by atoms with E-state index in [-0.39, 0.29) is 17.6 Å². The highest BCUT2D eigenvalue weighted by molar-refractivity contribution is 7.84. The van der Waals surface area contributed by atoms with E-state index in [1.807, 2.05) is 6.92 Å². The van der Waals surface area contributed by atoms with Crippen molar-refractivity contribution in [2.45, 2.75) is 19.6 Å². The van der Waals surface area contributed by atoms with Crippen LogP contribution in [0, 0.1) is 12.8 Å². The van der Waals surface area contributed by atoms with Gasteiger partial charge in [0.2, 0.25) is 0 Å². The third kappa shape index (κ3) is 3.55. The fourth-order valence-electron chi connectivity index (χ4n) is 1.61. The third-order valence-corrected chi connectivity index (χ3v) is 4.57. The SMILES string of the molecule is COC(=O)C(C)CS(=O)Cc1c(C)nn(C)c1Cl. The number of carbonyl (C=O) groups excluding carboxylic acids is 1. The Morgan fingerprint density at radius 3 is 2.67 bits per heavy atom. The van der Waals surface area contributed by atoms with E-state index in [1.165, 1.54) is 7.11 Å². The first-order valence-corrected chi connectivity index (χ1v) is 7.34. The highest BCUT2D eigenvalue weighted by atomic mass is 35.5. The molecule has 1 aromatic heterocycles. The highest BCUT2D eigenvalue weighted by Crippen LogP contribution is 2.20. The van der Waals surface area contributed by atoms with Gasteiger partial charge < -0.3 is 4.74 Å². The van der Waals surface area contributed by atoms with Crippen molar-refractivity contribution in [1.82, 2.24) is 9.78 Å². The summed E-state index contributed by atoms with van der Waals surface area (Å²) in [5, 5.41) is 4.64. The Bertz CT molecular complexity index is 473. The predicted octanol–water partition coefficient (Wildman–Crippen LogP) is 1.44. The van der Waals surface area contributed by atoms with Gasteiger partial charge in [-0.1, -0.05) is 18.5 Å². The van der Waals surface area contributed by atoms with Crippen LogP contribution in [0.4, 0.5) is 0 Å². The van der Waals surface area contributed by atoms with Crippen molar-refractivity contribution in [3.63, 3.8) is 0 Å². The van der Waals surface area contributed by atoms with Gasteiger partial charge in [0.25, 0.3) is 0 Å². The average molecular weight is 293 g/mol. The summed E-state index contributed by atoms with van der Waals surface area (Å²) in [5.41, 5.74) is 1.54. The van der Waals surface area contributed by atoms with Crippen LogP contribution in [0.25, 0.3) is 0 Å². The van der Waals surface area contributed by atoms with Crippen LogP contribution < -0.4 is 0 Å².